The first-order valence-corrected chi connectivity index (χ1v) is 11.1. The number of benzene rings is 4. The maximum atomic E-state index is 14.1. The minimum Gasteiger partial charge on any atom is -0.507 e. The molecule has 1 N–H and O–H groups in total. The molecule has 0 saturated carbocycles. The van der Waals surface area contributed by atoms with Gasteiger partial charge in [0.15, 0.2) is 0 Å². The Kier molecular flexibility index (Phi) is 5.60. The van der Waals surface area contributed by atoms with Crippen LogP contribution in [0.3, 0.4) is 0 Å². The lowest BCUT2D eigenvalue weighted by molar-refractivity contribution is -0.132. The second-order valence-electron chi connectivity index (χ2n) is 7.85. The van der Waals surface area contributed by atoms with E-state index in [0.717, 1.165) is 11.5 Å². The third-order valence-electron chi connectivity index (χ3n) is 5.83. The average molecular weight is 492 g/mol. The number of Topliss-reactive ketones (excluding diaryl/α,β-unsaturated/α-hetero) is 1. The number of carbonyl (C=O) groups excluding carboxylic acids is 2. The van der Waals surface area contributed by atoms with Gasteiger partial charge in [0.2, 0.25) is 0 Å². The fourth-order valence-electron chi connectivity index (χ4n) is 4.30. The minimum absolute atomic E-state index is 0.121. The normalized spacial score (nSPS) is 17.5. The summed E-state index contributed by atoms with van der Waals surface area (Å²) >= 11 is 12.3. The van der Waals surface area contributed by atoms with Crippen molar-refractivity contribution in [3.8, 4) is 0 Å². The number of ketones is 1. The Morgan fingerprint density at radius 1 is 0.853 bits per heavy atom. The van der Waals surface area contributed by atoms with Gasteiger partial charge < -0.3 is 5.11 Å². The summed E-state index contributed by atoms with van der Waals surface area (Å²) in [5.74, 6) is -2.67. The average Bonchev–Trinajstić information content (AvgIpc) is 3.10. The van der Waals surface area contributed by atoms with E-state index in [9.17, 15) is 19.1 Å². The minimum atomic E-state index is -1.05. The van der Waals surface area contributed by atoms with Crippen LogP contribution in [0.2, 0.25) is 10.0 Å². The van der Waals surface area contributed by atoms with Crippen molar-refractivity contribution in [3.05, 3.63) is 117 Å². The molecule has 168 valence electrons. The molecule has 0 aromatic heterocycles. The topological polar surface area (TPSA) is 57.6 Å². The quantitative estimate of drug-likeness (QED) is 0.192. The zero-order valence-corrected chi connectivity index (χ0v) is 19.0. The molecule has 0 aliphatic carbocycles. The zero-order valence-electron chi connectivity index (χ0n) is 17.5. The van der Waals surface area contributed by atoms with Crippen LogP contribution in [0.25, 0.3) is 16.5 Å². The monoisotopic (exact) mass is 491 g/mol. The highest BCUT2D eigenvalue weighted by atomic mass is 35.5. The molecular weight excluding hydrogens is 476 g/mol. The molecule has 1 fully saturated rings. The Morgan fingerprint density at radius 3 is 2.35 bits per heavy atom. The van der Waals surface area contributed by atoms with Gasteiger partial charge in [-0.3, -0.25) is 14.5 Å². The first-order chi connectivity index (χ1) is 16.4. The van der Waals surface area contributed by atoms with E-state index in [0.29, 0.717) is 21.5 Å². The molecule has 0 bridgehead atoms. The molecule has 7 heteroatoms. The number of anilines is 1. The van der Waals surface area contributed by atoms with Crippen molar-refractivity contribution in [1.29, 1.82) is 0 Å². The van der Waals surface area contributed by atoms with Crippen molar-refractivity contribution in [2.24, 2.45) is 0 Å². The summed E-state index contributed by atoms with van der Waals surface area (Å²) in [6.07, 6.45) is 0. The number of aliphatic hydroxyl groups excluding tert-OH is 1. The molecule has 4 nitrogen and oxygen atoms in total. The number of halogens is 3. The highest BCUT2D eigenvalue weighted by Crippen LogP contribution is 2.44. The van der Waals surface area contributed by atoms with Gasteiger partial charge in [-0.2, -0.15) is 0 Å². The van der Waals surface area contributed by atoms with Crippen LogP contribution in [0.1, 0.15) is 17.2 Å². The Hall–Kier alpha value is -3.67. The third kappa shape index (κ3) is 3.63. The summed E-state index contributed by atoms with van der Waals surface area (Å²) in [4.78, 5) is 27.7. The number of nitrogens with zero attached hydrogens (tertiary/aromatic N) is 1. The van der Waals surface area contributed by atoms with Crippen molar-refractivity contribution in [3.63, 3.8) is 0 Å². The van der Waals surface area contributed by atoms with E-state index in [-0.39, 0.29) is 22.0 Å². The maximum Gasteiger partial charge on any atom is 0.300 e. The van der Waals surface area contributed by atoms with Gasteiger partial charge in [0, 0.05) is 11.3 Å². The molecule has 4 aromatic rings. The van der Waals surface area contributed by atoms with Gasteiger partial charge in [0.25, 0.3) is 11.7 Å². The summed E-state index contributed by atoms with van der Waals surface area (Å²) in [5, 5.41) is 13.5. The van der Waals surface area contributed by atoms with Gasteiger partial charge in [0.05, 0.1) is 21.7 Å². The number of carbonyl (C=O) groups is 2. The van der Waals surface area contributed by atoms with Crippen LogP contribution >= 0.6 is 23.2 Å². The summed E-state index contributed by atoms with van der Waals surface area (Å²) in [5.41, 5.74) is 0.902. The van der Waals surface area contributed by atoms with Crippen molar-refractivity contribution >= 4 is 57.1 Å². The first-order valence-electron chi connectivity index (χ1n) is 10.4. The summed E-state index contributed by atoms with van der Waals surface area (Å²) in [6, 6.07) is 21.7. The van der Waals surface area contributed by atoms with Gasteiger partial charge in [-0.1, -0.05) is 77.8 Å². The molecule has 34 heavy (non-hydrogen) atoms. The van der Waals surface area contributed by atoms with Gasteiger partial charge >= 0.3 is 0 Å². The van der Waals surface area contributed by atoms with E-state index in [1.165, 1.54) is 29.2 Å². The number of aliphatic hydroxyl groups is 1. The number of amides is 1. The largest absolute Gasteiger partial charge is 0.507 e. The van der Waals surface area contributed by atoms with Crippen LogP contribution in [0.4, 0.5) is 10.1 Å². The van der Waals surface area contributed by atoms with Crippen LogP contribution in [-0.4, -0.2) is 16.8 Å². The van der Waals surface area contributed by atoms with E-state index < -0.39 is 23.5 Å². The van der Waals surface area contributed by atoms with E-state index in [1.54, 1.807) is 24.3 Å². The zero-order chi connectivity index (χ0) is 24.0. The van der Waals surface area contributed by atoms with E-state index in [2.05, 4.69) is 0 Å². The van der Waals surface area contributed by atoms with Crippen LogP contribution < -0.4 is 4.90 Å². The summed E-state index contributed by atoms with van der Waals surface area (Å²) in [7, 11) is 0. The fourth-order valence-corrected chi connectivity index (χ4v) is 4.61. The Morgan fingerprint density at radius 2 is 1.59 bits per heavy atom. The second-order valence-corrected chi connectivity index (χ2v) is 8.66. The first kappa shape index (κ1) is 22.1. The highest BCUT2D eigenvalue weighted by molar-refractivity contribution is 6.52. The molecule has 5 rings (SSSR count). The Bertz CT molecular complexity index is 1510. The van der Waals surface area contributed by atoms with E-state index in [1.807, 2.05) is 30.3 Å². The maximum absolute atomic E-state index is 14.1. The molecule has 0 spiro atoms. The van der Waals surface area contributed by atoms with Crippen molar-refractivity contribution < 1.29 is 19.1 Å². The van der Waals surface area contributed by atoms with Crippen LogP contribution in [0.5, 0.6) is 0 Å². The Labute approximate surface area is 204 Å². The van der Waals surface area contributed by atoms with Crippen molar-refractivity contribution in [2.45, 2.75) is 6.04 Å². The van der Waals surface area contributed by atoms with Crippen molar-refractivity contribution in [2.75, 3.05) is 4.90 Å². The smallest absolute Gasteiger partial charge is 0.300 e. The molecular formula is C27H16Cl2FNO3. The fraction of sp³-hybridized carbons (Fsp3) is 0.0370. The lowest BCUT2D eigenvalue weighted by Crippen LogP contribution is -2.29. The molecule has 1 amide bonds. The van der Waals surface area contributed by atoms with E-state index >= 15 is 0 Å². The number of hydrogen-bond donors (Lipinski definition) is 1. The molecule has 1 atom stereocenters. The molecule has 1 heterocycles. The van der Waals surface area contributed by atoms with Crippen LogP contribution in [0, 0.1) is 5.82 Å². The number of fused-ring (bicyclic) bond motifs is 1. The predicted molar refractivity (Wildman–Crippen MR) is 132 cm³/mol. The van der Waals surface area contributed by atoms with Gasteiger partial charge in [-0.25, -0.2) is 4.39 Å². The molecule has 1 saturated heterocycles. The lowest BCUT2D eigenvalue weighted by atomic mass is 9.93. The second kappa shape index (κ2) is 8.60. The standard InChI is InChI=1S/C27H16Cl2FNO3/c28-21-12-11-16(13-22(21)29)24-23(25(32)20-10-3-6-15-5-1-2-9-19(15)20)26(33)27(34)31(24)18-8-4-7-17(30)14-18/h1-14,24,32H/b25-23-. The summed E-state index contributed by atoms with van der Waals surface area (Å²) < 4.78 is 14.1. The van der Waals surface area contributed by atoms with Gasteiger partial charge in [-0.05, 0) is 46.7 Å². The SMILES string of the molecule is O=C1C(=O)N(c2cccc(F)c2)C(c2ccc(Cl)c(Cl)c2)/C1=C(/O)c1cccc2ccccc12. The molecule has 0 radical (unpaired) electrons. The van der Waals surface area contributed by atoms with Crippen LogP contribution in [0.15, 0.2) is 90.5 Å². The van der Waals surface area contributed by atoms with Gasteiger partial charge in [0.1, 0.15) is 11.6 Å². The molecule has 4 aromatic carbocycles. The lowest BCUT2D eigenvalue weighted by Gasteiger charge is -2.26. The van der Waals surface area contributed by atoms with Crippen LogP contribution in [-0.2, 0) is 9.59 Å². The number of hydrogen-bond acceptors (Lipinski definition) is 3. The summed E-state index contributed by atoms with van der Waals surface area (Å²) in [6.45, 7) is 0. The molecule has 1 unspecified atom stereocenters. The van der Waals surface area contributed by atoms with E-state index in [4.69, 9.17) is 23.2 Å². The van der Waals surface area contributed by atoms with Crippen molar-refractivity contribution in [1.82, 2.24) is 0 Å². The molecule has 1 aliphatic heterocycles. The number of rotatable bonds is 3. The highest BCUT2D eigenvalue weighted by Gasteiger charge is 2.47. The molecule has 1 aliphatic rings. The predicted octanol–water partition coefficient (Wildman–Crippen LogP) is 6.91. The Balaban J connectivity index is 1.80. The van der Waals surface area contributed by atoms with Gasteiger partial charge in [-0.15, -0.1) is 0 Å². The third-order valence-corrected chi connectivity index (χ3v) is 6.57.